The molecule has 7 heteroatoms. The van der Waals surface area contributed by atoms with Gasteiger partial charge in [-0.25, -0.2) is 4.98 Å². The van der Waals surface area contributed by atoms with Gasteiger partial charge in [0.1, 0.15) is 0 Å². The van der Waals surface area contributed by atoms with Crippen molar-refractivity contribution in [1.29, 1.82) is 0 Å². The predicted molar refractivity (Wildman–Crippen MR) is 71.5 cm³/mol. The molecule has 0 unspecified atom stereocenters. The number of carbonyl (C=O) groups excluding carboxylic acids is 1. The Balaban J connectivity index is 2.23. The van der Waals surface area contributed by atoms with Crippen molar-refractivity contribution in [3.63, 3.8) is 0 Å². The maximum atomic E-state index is 12.1. The number of hydrogen-bond donors (Lipinski definition) is 3. The van der Waals surface area contributed by atoms with Crippen LogP contribution in [0.3, 0.4) is 0 Å². The summed E-state index contributed by atoms with van der Waals surface area (Å²) in [6.07, 6.45) is 0. The van der Waals surface area contributed by atoms with Crippen LogP contribution < -0.4 is 16.6 Å². The van der Waals surface area contributed by atoms with Crippen LogP contribution in [0.1, 0.15) is 21.7 Å². The van der Waals surface area contributed by atoms with Gasteiger partial charge in [0, 0.05) is 0 Å². The van der Waals surface area contributed by atoms with Crippen LogP contribution in [0.5, 0.6) is 0 Å². The highest BCUT2D eigenvalue weighted by Crippen LogP contribution is 2.14. The molecule has 0 aliphatic carbocycles. The fourth-order valence-electron chi connectivity index (χ4n) is 1.49. The highest BCUT2D eigenvalue weighted by atomic mass is 16.1. The molecule has 0 radical (unpaired) electrons. The molecule has 0 saturated heterocycles. The highest BCUT2D eigenvalue weighted by molar-refractivity contribution is 6.07. The second kappa shape index (κ2) is 5.40. The zero-order valence-electron chi connectivity index (χ0n) is 10.6. The predicted octanol–water partition coefficient (Wildman–Crippen LogP) is 1.03. The number of hydrazine groups is 1. The van der Waals surface area contributed by atoms with Gasteiger partial charge in [0.05, 0.1) is 22.6 Å². The molecule has 19 heavy (non-hydrogen) atoms. The van der Waals surface area contributed by atoms with Gasteiger partial charge in [0.25, 0.3) is 5.91 Å². The number of nitrogens with zero attached hydrogens (tertiary/aromatic N) is 3. The summed E-state index contributed by atoms with van der Waals surface area (Å²) in [6, 6.07) is 6.88. The van der Waals surface area contributed by atoms with E-state index in [2.05, 4.69) is 25.9 Å². The van der Waals surface area contributed by atoms with Crippen molar-refractivity contribution < 1.29 is 4.79 Å². The van der Waals surface area contributed by atoms with Crippen molar-refractivity contribution in [2.45, 2.75) is 13.8 Å². The van der Waals surface area contributed by atoms with Crippen LogP contribution >= 0.6 is 0 Å². The molecule has 2 rings (SSSR count). The average Bonchev–Trinajstić information content (AvgIpc) is 2.43. The number of amides is 1. The molecule has 1 aromatic carbocycles. The van der Waals surface area contributed by atoms with Gasteiger partial charge in [-0.3, -0.25) is 16.0 Å². The van der Waals surface area contributed by atoms with Gasteiger partial charge in [-0.1, -0.05) is 12.1 Å². The number of hydrogen-bond acceptors (Lipinski definition) is 6. The van der Waals surface area contributed by atoms with Crippen molar-refractivity contribution in [3.8, 4) is 0 Å². The van der Waals surface area contributed by atoms with Crippen LogP contribution in [-0.4, -0.2) is 21.1 Å². The SMILES string of the molecule is Cc1nnc(NC(=O)c2ccccc2NN)nc1C. The number of anilines is 2. The van der Waals surface area contributed by atoms with Crippen molar-refractivity contribution in [1.82, 2.24) is 15.2 Å². The summed E-state index contributed by atoms with van der Waals surface area (Å²) in [5, 5.41) is 10.3. The summed E-state index contributed by atoms with van der Waals surface area (Å²) >= 11 is 0. The fourth-order valence-corrected chi connectivity index (χ4v) is 1.49. The minimum Gasteiger partial charge on any atom is -0.323 e. The van der Waals surface area contributed by atoms with E-state index in [1.165, 1.54) is 0 Å². The summed E-state index contributed by atoms with van der Waals surface area (Å²) in [6.45, 7) is 3.60. The minimum absolute atomic E-state index is 0.167. The van der Waals surface area contributed by atoms with E-state index in [4.69, 9.17) is 5.84 Å². The van der Waals surface area contributed by atoms with Crippen LogP contribution in [-0.2, 0) is 0 Å². The number of benzene rings is 1. The Morgan fingerprint density at radius 3 is 2.58 bits per heavy atom. The smallest absolute Gasteiger partial charge is 0.260 e. The summed E-state index contributed by atoms with van der Waals surface area (Å²) in [4.78, 5) is 16.2. The Bertz CT molecular complexity index is 613. The van der Waals surface area contributed by atoms with Gasteiger partial charge in [-0.15, -0.1) is 5.10 Å². The standard InChI is InChI=1S/C12H14N6O/c1-7-8(2)17-18-12(14-7)15-11(19)9-5-3-4-6-10(9)16-13/h3-6,16H,13H2,1-2H3,(H,14,15,18,19). The zero-order valence-corrected chi connectivity index (χ0v) is 10.6. The molecule has 0 atom stereocenters. The number of nitrogens with one attached hydrogen (secondary N) is 2. The quantitative estimate of drug-likeness (QED) is 0.560. The third kappa shape index (κ3) is 2.83. The number of nitrogens with two attached hydrogens (primary N) is 1. The number of para-hydroxylation sites is 1. The van der Waals surface area contributed by atoms with Crippen molar-refractivity contribution in [2.24, 2.45) is 5.84 Å². The van der Waals surface area contributed by atoms with E-state index in [0.717, 1.165) is 11.4 Å². The minimum atomic E-state index is -0.349. The first-order valence-electron chi connectivity index (χ1n) is 5.66. The highest BCUT2D eigenvalue weighted by Gasteiger charge is 2.12. The maximum absolute atomic E-state index is 12.1. The zero-order chi connectivity index (χ0) is 13.8. The van der Waals surface area contributed by atoms with Gasteiger partial charge in [0.2, 0.25) is 5.95 Å². The average molecular weight is 258 g/mol. The third-order valence-corrected chi connectivity index (χ3v) is 2.64. The molecule has 0 saturated carbocycles. The molecule has 1 aromatic heterocycles. The van der Waals surface area contributed by atoms with Crippen molar-refractivity contribution >= 4 is 17.5 Å². The lowest BCUT2D eigenvalue weighted by Gasteiger charge is -2.08. The van der Waals surface area contributed by atoms with Gasteiger partial charge >= 0.3 is 0 Å². The molecule has 7 nitrogen and oxygen atoms in total. The molecule has 0 aliphatic rings. The third-order valence-electron chi connectivity index (χ3n) is 2.64. The Hall–Kier alpha value is -2.54. The molecule has 0 bridgehead atoms. The lowest BCUT2D eigenvalue weighted by atomic mass is 10.1. The lowest BCUT2D eigenvalue weighted by Crippen LogP contribution is -2.19. The molecule has 0 fully saturated rings. The Labute approximate surface area is 110 Å². The van der Waals surface area contributed by atoms with Gasteiger partial charge in [-0.2, -0.15) is 5.10 Å². The molecule has 2 aromatic rings. The molecule has 1 heterocycles. The second-order valence-electron chi connectivity index (χ2n) is 3.95. The van der Waals surface area contributed by atoms with E-state index >= 15 is 0 Å². The molecule has 4 N–H and O–H groups in total. The Morgan fingerprint density at radius 1 is 1.16 bits per heavy atom. The molecule has 0 aliphatic heterocycles. The monoisotopic (exact) mass is 258 g/mol. The van der Waals surface area contributed by atoms with Crippen LogP contribution in [0.25, 0.3) is 0 Å². The number of carbonyl (C=O) groups is 1. The van der Waals surface area contributed by atoms with E-state index in [0.29, 0.717) is 11.3 Å². The van der Waals surface area contributed by atoms with Crippen LogP contribution in [0, 0.1) is 13.8 Å². The van der Waals surface area contributed by atoms with Crippen LogP contribution in [0.2, 0.25) is 0 Å². The number of rotatable bonds is 3. The van der Waals surface area contributed by atoms with E-state index in [-0.39, 0.29) is 11.9 Å². The van der Waals surface area contributed by atoms with Crippen LogP contribution in [0.4, 0.5) is 11.6 Å². The maximum Gasteiger partial charge on any atom is 0.260 e. The fraction of sp³-hybridized carbons (Fsp3) is 0.167. The van der Waals surface area contributed by atoms with Crippen molar-refractivity contribution in [3.05, 3.63) is 41.2 Å². The summed E-state index contributed by atoms with van der Waals surface area (Å²) < 4.78 is 0. The van der Waals surface area contributed by atoms with E-state index in [9.17, 15) is 4.79 Å². The molecule has 98 valence electrons. The van der Waals surface area contributed by atoms with Gasteiger partial charge in [-0.05, 0) is 26.0 Å². The summed E-state index contributed by atoms with van der Waals surface area (Å²) in [5.74, 6) is 5.17. The number of nitrogen functional groups attached to an aromatic ring is 1. The van der Waals surface area contributed by atoms with Gasteiger partial charge in [0.15, 0.2) is 0 Å². The molecular weight excluding hydrogens is 244 g/mol. The molecule has 1 amide bonds. The first-order valence-corrected chi connectivity index (χ1v) is 5.66. The Kier molecular flexibility index (Phi) is 3.67. The first kappa shape index (κ1) is 12.9. The number of aromatic nitrogens is 3. The normalized spacial score (nSPS) is 10.1. The Morgan fingerprint density at radius 2 is 1.89 bits per heavy atom. The van der Waals surface area contributed by atoms with Crippen LogP contribution in [0.15, 0.2) is 24.3 Å². The topological polar surface area (TPSA) is 106 Å². The first-order chi connectivity index (χ1) is 9.11. The van der Waals surface area contributed by atoms with E-state index in [1.54, 1.807) is 38.1 Å². The summed E-state index contributed by atoms with van der Waals surface area (Å²) in [5.41, 5.74) is 4.84. The summed E-state index contributed by atoms with van der Waals surface area (Å²) in [7, 11) is 0. The van der Waals surface area contributed by atoms with E-state index < -0.39 is 0 Å². The number of aryl methyl sites for hydroxylation is 2. The van der Waals surface area contributed by atoms with E-state index in [1.807, 2.05) is 0 Å². The lowest BCUT2D eigenvalue weighted by molar-refractivity contribution is 0.102. The largest absolute Gasteiger partial charge is 0.323 e. The van der Waals surface area contributed by atoms with Gasteiger partial charge < -0.3 is 5.43 Å². The van der Waals surface area contributed by atoms with Crippen molar-refractivity contribution in [2.75, 3.05) is 10.7 Å². The molecular formula is C12H14N6O. The molecule has 0 spiro atoms. The second-order valence-corrected chi connectivity index (χ2v) is 3.95.